The molecule has 0 spiro atoms. The number of nitrogens with two attached hydrogens (primary N) is 5. The Morgan fingerprint density at radius 3 is 1.94 bits per heavy atom. The number of hydrogen-bond acceptors (Lipinski definition) is 9. The van der Waals surface area contributed by atoms with E-state index in [1.807, 2.05) is 6.92 Å². The summed E-state index contributed by atoms with van der Waals surface area (Å²) in [4.78, 5) is 86.3. The molecular weight excluding hydrogens is 628 g/mol. The van der Waals surface area contributed by atoms with Crippen LogP contribution in [0, 0.1) is 5.92 Å². The molecule has 7 atom stereocenters. The maximum absolute atomic E-state index is 13.8. The molecule has 1 aliphatic heterocycles. The summed E-state index contributed by atoms with van der Waals surface area (Å²) in [5.41, 5.74) is 27.5. The Morgan fingerprint density at radius 1 is 0.812 bits per heavy atom. The van der Waals surface area contributed by atoms with Gasteiger partial charge in [0, 0.05) is 19.6 Å². The van der Waals surface area contributed by atoms with E-state index in [0.717, 1.165) is 0 Å². The number of carboxylic acids is 1. The highest BCUT2D eigenvalue weighted by Gasteiger charge is 2.39. The van der Waals surface area contributed by atoms with Crippen molar-refractivity contribution in [3.05, 3.63) is 0 Å². The summed E-state index contributed by atoms with van der Waals surface area (Å²) in [6, 6.07) is -6.22. The third kappa shape index (κ3) is 14.0. The van der Waals surface area contributed by atoms with E-state index < -0.39 is 71.8 Å². The van der Waals surface area contributed by atoms with Gasteiger partial charge in [-0.2, -0.15) is 0 Å². The number of guanidine groups is 2. The second-order valence-corrected chi connectivity index (χ2v) is 11.9. The van der Waals surface area contributed by atoms with E-state index in [-0.39, 0.29) is 50.3 Å². The van der Waals surface area contributed by atoms with Gasteiger partial charge in [-0.15, -0.1) is 0 Å². The van der Waals surface area contributed by atoms with Crippen LogP contribution >= 0.6 is 0 Å². The van der Waals surface area contributed by atoms with Gasteiger partial charge in [-0.3, -0.25) is 38.8 Å². The standard InChI is InChI=1S/C29H54N12O7/c1-5-15(2)21(25(45)38-17(4)27(47)48)40-22(42)16(3)37-24(44)20-11-8-14-41(20)26(46)19(10-7-13-36-29(33)34)39-23(43)18(30)9-6-12-35-28(31)32/h15-21H,5-14,30H2,1-4H3,(H,37,44)(H,38,45)(H,39,43)(H,40,42)(H,47,48)(H4,31,32,35)(H4,33,34,36)/t15-,16+,17+,18+,19+,20+,21+/m1/s1. The summed E-state index contributed by atoms with van der Waals surface area (Å²) in [5.74, 6) is -4.76. The zero-order valence-corrected chi connectivity index (χ0v) is 28.2. The van der Waals surface area contributed by atoms with Gasteiger partial charge in [-0.25, -0.2) is 0 Å². The highest BCUT2D eigenvalue weighted by atomic mass is 16.4. The second-order valence-electron chi connectivity index (χ2n) is 11.9. The molecular formula is C29H54N12O7. The van der Waals surface area contributed by atoms with Crippen LogP contribution in [0.1, 0.15) is 72.6 Å². The molecule has 0 radical (unpaired) electrons. The van der Waals surface area contributed by atoms with Crippen molar-refractivity contribution in [2.24, 2.45) is 44.6 Å². The van der Waals surface area contributed by atoms with Crippen LogP contribution in [0.15, 0.2) is 9.98 Å². The molecule has 15 N–H and O–H groups in total. The van der Waals surface area contributed by atoms with Crippen molar-refractivity contribution in [2.45, 2.75) is 109 Å². The molecule has 0 unspecified atom stereocenters. The third-order valence-electron chi connectivity index (χ3n) is 7.98. The van der Waals surface area contributed by atoms with E-state index in [9.17, 15) is 28.8 Å². The molecule has 1 saturated heterocycles. The zero-order valence-electron chi connectivity index (χ0n) is 28.2. The van der Waals surface area contributed by atoms with Crippen LogP contribution < -0.4 is 49.9 Å². The van der Waals surface area contributed by atoms with Gasteiger partial charge in [0.2, 0.25) is 29.5 Å². The smallest absolute Gasteiger partial charge is 0.325 e. The lowest BCUT2D eigenvalue weighted by molar-refractivity contribution is -0.142. The lowest BCUT2D eigenvalue weighted by Gasteiger charge is -2.30. The minimum Gasteiger partial charge on any atom is -0.480 e. The van der Waals surface area contributed by atoms with Crippen molar-refractivity contribution in [2.75, 3.05) is 19.6 Å². The number of nitrogens with one attached hydrogen (secondary N) is 4. The number of likely N-dealkylation sites (tertiary alicyclic amines) is 1. The molecule has 1 aliphatic rings. The first-order chi connectivity index (χ1) is 22.5. The van der Waals surface area contributed by atoms with Gasteiger partial charge in [0.15, 0.2) is 11.9 Å². The first-order valence-corrected chi connectivity index (χ1v) is 16.1. The Morgan fingerprint density at radius 2 is 1.40 bits per heavy atom. The average molecular weight is 683 g/mol. The lowest BCUT2D eigenvalue weighted by Crippen LogP contribution is -2.59. The fourth-order valence-corrected chi connectivity index (χ4v) is 4.91. The predicted molar refractivity (Wildman–Crippen MR) is 179 cm³/mol. The summed E-state index contributed by atoms with van der Waals surface area (Å²) < 4.78 is 0. The summed E-state index contributed by atoms with van der Waals surface area (Å²) in [5, 5.41) is 19.4. The average Bonchev–Trinajstić information content (AvgIpc) is 3.52. The largest absolute Gasteiger partial charge is 0.480 e. The lowest BCUT2D eigenvalue weighted by atomic mass is 9.97. The van der Waals surface area contributed by atoms with Crippen molar-refractivity contribution >= 4 is 47.4 Å². The van der Waals surface area contributed by atoms with Crippen LogP contribution in [0.2, 0.25) is 0 Å². The van der Waals surface area contributed by atoms with E-state index in [1.54, 1.807) is 6.92 Å². The molecule has 0 aromatic rings. The van der Waals surface area contributed by atoms with Crippen LogP contribution in [-0.4, -0.2) is 113 Å². The Balaban J connectivity index is 3.00. The number of hydrogen-bond donors (Lipinski definition) is 10. The molecule has 19 nitrogen and oxygen atoms in total. The number of carbonyl (C=O) groups excluding carboxylic acids is 5. The topological polar surface area (TPSA) is 329 Å². The molecule has 1 rings (SSSR count). The molecule has 0 aromatic heterocycles. The summed E-state index contributed by atoms with van der Waals surface area (Å²) >= 11 is 0. The molecule has 0 saturated carbocycles. The first-order valence-electron chi connectivity index (χ1n) is 16.1. The molecule has 5 amide bonds. The number of aliphatic imine (C=N–C) groups is 2. The number of carboxylic acid groups (broad SMARTS) is 1. The van der Waals surface area contributed by atoms with Crippen molar-refractivity contribution < 1.29 is 33.9 Å². The van der Waals surface area contributed by atoms with Crippen LogP contribution in [0.25, 0.3) is 0 Å². The highest BCUT2D eigenvalue weighted by molar-refractivity contribution is 5.96. The van der Waals surface area contributed by atoms with E-state index in [2.05, 4.69) is 31.3 Å². The van der Waals surface area contributed by atoms with Gasteiger partial charge in [-0.1, -0.05) is 20.3 Å². The van der Waals surface area contributed by atoms with Gasteiger partial charge in [0.25, 0.3) is 0 Å². The maximum atomic E-state index is 13.8. The molecule has 0 aliphatic carbocycles. The van der Waals surface area contributed by atoms with Crippen LogP contribution in [-0.2, 0) is 28.8 Å². The quantitative estimate of drug-likeness (QED) is 0.0340. The minimum atomic E-state index is -1.23. The Labute approximate surface area is 280 Å². The number of carbonyl (C=O) groups is 6. The molecule has 1 heterocycles. The number of rotatable bonds is 20. The molecule has 0 bridgehead atoms. The molecule has 48 heavy (non-hydrogen) atoms. The van der Waals surface area contributed by atoms with Crippen molar-refractivity contribution in [3.63, 3.8) is 0 Å². The van der Waals surface area contributed by atoms with E-state index in [1.165, 1.54) is 18.7 Å². The SMILES string of the molecule is CC[C@@H](C)[C@H](NC(=O)[C@H](C)NC(=O)[C@@H]1CCCN1C(=O)[C@H](CCCN=C(N)N)NC(=O)[C@@H](N)CCCN=C(N)N)C(=O)N[C@@H](C)C(=O)O. The normalized spacial score (nSPS) is 17.8. The molecule has 19 heteroatoms. The summed E-state index contributed by atoms with van der Waals surface area (Å²) in [6.45, 7) is 7.00. The Kier molecular flexibility index (Phi) is 17.7. The van der Waals surface area contributed by atoms with Crippen LogP contribution in [0.3, 0.4) is 0 Å². The number of aliphatic carboxylic acids is 1. The van der Waals surface area contributed by atoms with Crippen LogP contribution in [0.4, 0.5) is 0 Å². The monoisotopic (exact) mass is 682 g/mol. The summed E-state index contributed by atoms with van der Waals surface area (Å²) in [7, 11) is 0. The summed E-state index contributed by atoms with van der Waals surface area (Å²) in [6.07, 6.45) is 2.51. The van der Waals surface area contributed by atoms with Crippen LogP contribution in [0.5, 0.6) is 0 Å². The van der Waals surface area contributed by atoms with E-state index >= 15 is 0 Å². The predicted octanol–water partition coefficient (Wildman–Crippen LogP) is -3.48. The van der Waals surface area contributed by atoms with E-state index in [0.29, 0.717) is 32.1 Å². The fraction of sp³-hybridized carbons (Fsp3) is 0.724. The highest BCUT2D eigenvalue weighted by Crippen LogP contribution is 2.20. The second kappa shape index (κ2) is 20.5. The maximum Gasteiger partial charge on any atom is 0.325 e. The van der Waals surface area contributed by atoms with Crippen molar-refractivity contribution in [1.82, 2.24) is 26.2 Å². The van der Waals surface area contributed by atoms with Gasteiger partial charge >= 0.3 is 5.97 Å². The van der Waals surface area contributed by atoms with Gasteiger partial charge in [0.1, 0.15) is 30.2 Å². The number of nitrogens with zero attached hydrogens (tertiary/aromatic N) is 3. The Hall–Kier alpha value is -4.68. The van der Waals surface area contributed by atoms with Crippen molar-refractivity contribution in [3.8, 4) is 0 Å². The van der Waals surface area contributed by atoms with Gasteiger partial charge in [-0.05, 0) is 58.3 Å². The molecule has 272 valence electrons. The zero-order chi connectivity index (χ0) is 36.6. The third-order valence-corrected chi connectivity index (χ3v) is 7.98. The first kappa shape index (κ1) is 41.3. The fourth-order valence-electron chi connectivity index (χ4n) is 4.91. The van der Waals surface area contributed by atoms with Crippen molar-refractivity contribution in [1.29, 1.82) is 0 Å². The Bertz CT molecular complexity index is 1190. The minimum absolute atomic E-state index is 0.0796. The van der Waals surface area contributed by atoms with Gasteiger partial charge < -0.3 is 59.9 Å². The number of amides is 5. The van der Waals surface area contributed by atoms with E-state index in [4.69, 9.17) is 33.8 Å². The molecule has 1 fully saturated rings. The molecule has 0 aromatic carbocycles. The van der Waals surface area contributed by atoms with Gasteiger partial charge in [0.05, 0.1) is 6.04 Å².